The Labute approximate surface area is 86.1 Å². The Hall–Kier alpha value is -0.570. The highest BCUT2D eigenvalue weighted by Crippen LogP contribution is 2.35. The molecule has 1 aliphatic carbocycles. The highest BCUT2D eigenvalue weighted by atomic mass is 16.4. The molecule has 1 N–H and O–H groups in total. The van der Waals surface area contributed by atoms with Crippen molar-refractivity contribution in [1.82, 2.24) is 4.90 Å². The van der Waals surface area contributed by atoms with Gasteiger partial charge in [0.05, 0.1) is 6.42 Å². The number of rotatable bonds is 6. The van der Waals surface area contributed by atoms with Crippen molar-refractivity contribution < 1.29 is 9.90 Å². The van der Waals surface area contributed by atoms with E-state index in [-0.39, 0.29) is 12.5 Å². The molecular weight excluding hydrogens is 178 g/mol. The van der Waals surface area contributed by atoms with Crippen molar-refractivity contribution in [3.63, 3.8) is 0 Å². The SMILES string of the molecule is CCC(CC(=O)O)N(C)C(C)C1CC1. The maximum atomic E-state index is 10.7. The highest BCUT2D eigenvalue weighted by Gasteiger charge is 2.33. The molecule has 14 heavy (non-hydrogen) atoms. The maximum absolute atomic E-state index is 10.7. The predicted octanol–water partition coefficient (Wildman–Crippen LogP) is 1.97. The Kier molecular flexibility index (Phi) is 3.93. The van der Waals surface area contributed by atoms with E-state index >= 15 is 0 Å². The summed E-state index contributed by atoms with van der Waals surface area (Å²) < 4.78 is 0. The highest BCUT2D eigenvalue weighted by molar-refractivity contribution is 5.67. The van der Waals surface area contributed by atoms with Crippen LogP contribution in [0.4, 0.5) is 0 Å². The minimum absolute atomic E-state index is 0.197. The van der Waals surface area contributed by atoms with Crippen LogP contribution in [0.3, 0.4) is 0 Å². The Bertz CT molecular complexity index is 201. The van der Waals surface area contributed by atoms with E-state index in [0.29, 0.717) is 6.04 Å². The van der Waals surface area contributed by atoms with Crippen molar-refractivity contribution in [2.45, 2.75) is 51.6 Å². The van der Waals surface area contributed by atoms with E-state index in [9.17, 15) is 4.79 Å². The van der Waals surface area contributed by atoms with Gasteiger partial charge >= 0.3 is 5.97 Å². The molecule has 1 fully saturated rings. The molecule has 0 saturated heterocycles. The molecule has 1 aliphatic rings. The topological polar surface area (TPSA) is 40.5 Å². The van der Waals surface area contributed by atoms with Crippen molar-refractivity contribution in [2.24, 2.45) is 5.92 Å². The number of carbonyl (C=O) groups is 1. The third-order valence-electron chi connectivity index (χ3n) is 3.40. The van der Waals surface area contributed by atoms with Crippen molar-refractivity contribution in [2.75, 3.05) is 7.05 Å². The van der Waals surface area contributed by atoms with Crippen LogP contribution in [-0.2, 0) is 4.79 Å². The summed E-state index contributed by atoms with van der Waals surface area (Å²) in [5.41, 5.74) is 0. The third kappa shape index (κ3) is 2.98. The van der Waals surface area contributed by atoms with E-state index in [1.807, 2.05) is 0 Å². The molecule has 1 saturated carbocycles. The fourth-order valence-corrected chi connectivity index (χ4v) is 2.02. The second kappa shape index (κ2) is 4.78. The number of carboxylic acid groups (broad SMARTS) is 1. The molecule has 2 unspecified atom stereocenters. The first-order valence-electron chi connectivity index (χ1n) is 5.50. The lowest BCUT2D eigenvalue weighted by molar-refractivity contribution is -0.138. The fraction of sp³-hybridized carbons (Fsp3) is 0.909. The molecule has 1 rings (SSSR count). The van der Waals surface area contributed by atoms with Gasteiger partial charge in [0, 0.05) is 12.1 Å². The summed E-state index contributed by atoms with van der Waals surface area (Å²) in [6.07, 6.45) is 3.81. The zero-order valence-corrected chi connectivity index (χ0v) is 9.36. The molecule has 0 aliphatic heterocycles. The van der Waals surface area contributed by atoms with Crippen molar-refractivity contribution in [3.8, 4) is 0 Å². The number of hydrogen-bond acceptors (Lipinski definition) is 2. The van der Waals surface area contributed by atoms with Crippen LogP contribution in [0.25, 0.3) is 0 Å². The van der Waals surface area contributed by atoms with Crippen molar-refractivity contribution in [3.05, 3.63) is 0 Å². The van der Waals surface area contributed by atoms with Gasteiger partial charge in [-0.3, -0.25) is 9.69 Å². The summed E-state index contributed by atoms with van der Waals surface area (Å²) in [7, 11) is 2.06. The average Bonchev–Trinajstić information content (AvgIpc) is 2.94. The minimum atomic E-state index is -0.688. The Morgan fingerprint density at radius 2 is 2.14 bits per heavy atom. The molecule has 0 aromatic carbocycles. The lowest BCUT2D eigenvalue weighted by Crippen LogP contribution is -2.40. The van der Waals surface area contributed by atoms with E-state index in [2.05, 4.69) is 25.8 Å². The van der Waals surface area contributed by atoms with Gasteiger partial charge in [0.15, 0.2) is 0 Å². The second-order valence-corrected chi connectivity index (χ2v) is 4.40. The minimum Gasteiger partial charge on any atom is -0.481 e. The van der Waals surface area contributed by atoms with E-state index in [1.54, 1.807) is 0 Å². The number of nitrogens with zero attached hydrogens (tertiary/aromatic N) is 1. The summed E-state index contributed by atoms with van der Waals surface area (Å²) in [5, 5.41) is 8.77. The molecule has 0 aromatic heterocycles. The molecule has 0 aromatic rings. The van der Waals surface area contributed by atoms with Gasteiger partial charge in [-0.15, -0.1) is 0 Å². The Morgan fingerprint density at radius 3 is 2.50 bits per heavy atom. The van der Waals surface area contributed by atoms with Gasteiger partial charge in [0.25, 0.3) is 0 Å². The van der Waals surface area contributed by atoms with Crippen LogP contribution in [-0.4, -0.2) is 35.1 Å². The summed E-state index contributed by atoms with van der Waals surface area (Å²) in [5.74, 6) is 0.120. The molecular formula is C11H21NO2. The summed E-state index contributed by atoms with van der Waals surface area (Å²) >= 11 is 0. The first-order chi connectivity index (χ1) is 6.56. The van der Waals surface area contributed by atoms with Gasteiger partial charge in [0.1, 0.15) is 0 Å². The predicted molar refractivity (Wildman–Crippen MR) is 56.3 cm³/mol. The van der Waals surface area contributed by atoms with Crippen LogP contribution in [0, 0.1) is 5.92 Å². The van der Waals surface area contributed by atoms with E-state index in [4.69, 9.17) is 5.11 Å². The number of aliphatic carboxylic acids is 1. The summed E-state index contributed by atoms with van der Waals surface area (Å²) in [6, 6.07) is 0.738. The number of hydrogen-bond donors (Lipinski definition) is 1. The normalized spacial score (nSPS) is 20.9. The Balaban J connectivity index is 2.44. The molecule has 0 bridgehead atoms. The molecule has 2 atom stereocenters. The van der Waals surface area contributed by atoms with Gasteiger partial charge in [-0.05, 0) is 39.2 Å². The molecule has 0 amide bonds. The van der Waals surface area contributed by atoms with Gasteiger partial charge < -0.3 is 5.11 Å². The standard InChI is InChI=1S/C11H21NO2/c1-4-10(7-11(13)14)12(3)8(2)9-5-6-9/h8-10H,4-7H2,1-3H3,(H,13,14). The van der Waals surface area contributed by atoms with Crippen LogP contribution < -0.4 is 0 Å². The molecule has 82 valence electrons. The fourth-order valence-electron chi connectivity index (χ4n) is 2.02. The van der Waals surface area contributed by atoms with E-state index in [1.165, 1.54) is 12.8 Å². The summed E-state index contributed by atoms with van der Waals surface area (Å²) in [6.45, 7) is 4.27. The van der Waals surface area contributed by atoms with E-state index < -0.39 is 5.97 Å². The lowest BCUT2D eigenvalue weighted by Gasteiger charge is -2.31. The van der Waals surface area contributed by atoms with Gasteiger partial charge in [-0.2, -0.15) is 0 Å². The average molecular weight is 199 g/mol. The first-order valence-corrected chi connectivity index (χ1v) is 5.50. The van der Waals surface area contributed by atoms with Gasteiger partial charge in [-0.25, -0.2) is 0 Å². The zero-order valence-electron chi connectivity index (χ0n) is 9.36. The third-order valence-corrected chi connectivity index (χ3v) is 3.40. The Morgan fingerprint density at radius 1 is 1.57 bits per heavy atom. The van der Waals surface area contributed by atoms with Crippen LogP contribution in [0.1, 0.15) is 39.5 Å². The van der Waals surface area contributed by atoms with Gasteiger partial charge in [0.2, 0.25) is 0 Å². The largest absolute Gasteiger partial charge is 0.481 e. The maximum Gasteiger partial charge on any atom is 0.304 e. The van der Waals surface area contributed by atoms with Crippen LogP contribution in [0.15, 0.2) is 0 Å². The molecule has 3 nitrogen and oxygen atoms in total. The molecule has 3 heteroatoms. The van der Waals surface area contributed by atoms with Gasteiger partial charge in [-0.1, -0.05) is 6.92 Å². The van der Waals surface area contributed by atoms with E-state index in [0.717, 1.165) is 12.3 Å². The van der Waals surface area contributed by atoms with Crippen LogP contribution in [0.5, 0.6) is 0 Å². The smallest absolute Gasteiger partial charge is 0.304 e. The molecule has 0 spiro atoms. The first kappa shape index (κ1) is 11.5. The monoisotopic (exact) mass is 199 g/mol. The number of carboxylic acids is 1. The van der Waals surface area contributed by atoms with Crippen molar-refractivity contribution >= 4 is 5.97 Å². The zero-order chi connectivity index (χ0) is 10.7. The van der Waals surface area contributed by atoms with Crippen LogP contribution in [0.2, 0.25) is 0 Å². The van der Waals surface area contributed by atoms with Crippen molar-refractivity contribution in [1.29, 1.82) is 0 Å². The molecule has 0 heterocycles. The quantitative estimate of drug-likeness (QED) is 0.711. The summed E-state index contributed by atoms with van der Waals surface area (Å²) in [4.78, 5) is 12.9. The lowest BCUT2D eigenvalue weighted by atomic mass is 10.1. The second-order valence-electron chi connectivity index (χ2n) is 4.40. The van der Waals surface area contributed by atoms with Crippen LogP contribution >= 0.6 is 0 Å². The molecule has 0 radical (unpaired) electrons.